The molecule has 2 rings (SSSR count). The maximum Gasteiger partial charge on any atom is 0.410 e. The fourth-order valence-electron chi connectivity index (χ4n) is 1.87. The van der Waals surface area contributed by atoms with E-state index in [9.17, 15) is 14.7 Å². The Bertz CT molecular complexity index is 317. The molecule has 2 aliphatic rings. The minimum atomic E-state index is -0.705. The standard InChI is InChI=1S/C9H12N2O4/c1-2-3-15-9(14)11-4-5(12)6-7(11)8(13)10-6/h2,5-7,12H,1,3-4H2,(H,10,13)/t5-,6+,7-/m0/s1. The molecule has 2 heterocycles. The zero-order chi connectivity index (χ0) is 11.0. The number of nitrogens with zero attached hydrogens (tertiary/aromatic N) is 1. The third kappa shape index (κ3) is 1.46. The molecule has 2 N–H and O–H groups in total. The molecule has 6 nitrogen and oxygen atoms in total. The summed E-state index contributed by atoms with van der Waals surface area (Å²) in [6, 6.07) is -0.911. The first-order chi connectivity index (χ1) is 7.15. The molecule has 2 amide bonds. The van der Waals surface area contributed by atoms with E-state index in [2.05, 4.69) is 11.9 Å². The third-order valence-corrected chi connectivity index (χ3v) is 2.61. The maximum absolute atomic E-state index is 11.4. The van der Waals surface area contributed by atoms with Gasteiger partial charge < -0.3 is 15.2 Å². The molecule has 0 aliphatic carbocycles. The van der Waals surface area contributed by atoms with Crippen molar-refractivity contribution in [3.63, 3.8) is 0 Å². The van der Waals surface area contributed by atoms with Crippen LogP contribution in [0, 0.1) is 0 Å². The lowest BCUT2D eigenvalue weighted by Crippen LogP contribution is -2.67. The zero-order valence-electron chi connectivity index (χ0n) is 8.05. The number of aliphatic hydroxyl groups excluding tert-OH is 1. The van der Waals surface area contributed by atoms with Crippen LogP contribution in [0.2, 0.25) is 0 Å². The predicted octanol–water partition coefficient (Wildman–Crippen LogP) is -1.15. The number of amides is 2. The van der Waals surface area contributed by atoms with Gasteiger partial charge in [0.1, 0.15) is 12.6 Å². The monoisotopic (exact) mass is 212 g/mol. The van der Waals surface area contributed by atoms with Crippen LogP contribution in [0.3, 0.4) is 0 Å². The van der Waals surface area contributed by atoms with Gasteiger partial charge in [0, 0.05) is 0 Å². The molecule has 0 unspecified atom stereocenters. The Morgan fingerprint density at radius 3 is 3.13 bits per heavy atom. The molecule has 2 aliphatic heterocycles. The van der Waals surface area contributed by atoms with Crippen molar-refractivity contribution in [2.24, 2.45) is 0 Å². The van der Waals surface area contributed by atoms with E-state index in [0.717, 1.165) is 0 Å². The van der Waals surface area contributed by atoms with Gasteiger partial charge in [0.05, 0.1) is 18.7 Å². The molecule has 3 atom stereocenters. The number of hydrogen-bond acceptors (Lipinski definition) is 4. The summed E-state index contributed by atoms with van der Waals surface area (Å²) in [6.45, 7) is 3.64. The van der Waals surface area contributed by atoms with Gasteiger partial charge in [0.25, 0.3) is 0 Å². The van der Waals surface area contributed by atoms with E-state index in [4.69, 9.17) is 4.74 Å². The Kier molecular flexibility index (Phi) is 2.36. The lowest BCUT2D eigenvalue weighted by Gasteiger charge is -2.35. The minimum absolute atomic E-state index is 0.102. The Morgan fingerprint density at radius 1 is 1.80 bits per heavy atom. The molecule has 0 aromatic rings. The van der Waals surface area contributed by atoms with Gasteiger partial charge in [-0.3, -0.25) is 9.69 Å². The van der Waals surface area contributed by atoms with Crippen molar-refractivity contribution in [3.8, 4) is 0 Å². The molecule has 0 aromatic carbocycles. The van der Waals surface area contributed by atoms with Crippen LogP contribution >= 0.6 is 0 Å². The quantitative estimate of drug-likeness (QED) is 0.447. The van der Waals surface area contributed by atoms with Crippen molar-refractivity contribution in [2.75, 3.05) is 13.2 Å². The molecule has 6 heteroatoms. The summed E-state index contributed by atoms with van der Waals surface area (Å²) >= 11 is 0. The van der Waals surface area contributed by atoms with Crippen molar-refractivity contribution in [3.05, 3.63) is 12.7 Å². The first-order valence-electron chi connectivity index (χ1n) is 4.68. The van der Waals surface area contributed by atoms with E-state index in [1.54, 1.807) is 0 Å². The van der Waals surface area contributed by atoms with Crippen LogP contribution in [-0.4, -0.2) is 53.3 Å². The van der Waals surface area contributed by atoms with Crippen molar-refractivity contribution in [1.82, 2.24) is 10.2 Å². The number of hydrogen-bond donors (Lipinski definition) is 2. The van der Waals surface area contributed by atoms with Gasteiger partial charge in [-0.05, 0) is 0 Å². The average Bonchev–Trinajstić information content (AvgIpc) is 2.46. The third-order valence-electron chi connectivity index (χ3n) is 2.61. The molecule has 0 spiro atoms. The van der Waals surface area contributed by atoms with Crippen LogP contribution in [0.25, 0.3) is 0 Å². The van der Waals surface area contributed by atoms with Crippen LogP contribution < -0.4 is 5.32 Å². The SMILES string of the molecule is C=CCOC(=O)N1C[C@H](O)[C@H]2NC(=O)[C@H]21. The van der Waals surface area contributed by atoms with Crippen molar-refractivity contribution in [2.45, 2.75) is 18.2 Å². The highest BCUT2D eigenvalue weighted by molar-refractivity contribution is 5.93. The van der Waals surface area contributed by atoms with Gasteiger partial charge in [0.2, 0.25) is 5.91 Å². The number of nitrogens with one attached hydrogen (secondary N) is 1. The Morgan fingerprint density at radius 2 is 2.53 bits per heavy atom. The summed E-state index contributed by atoms with van der Waals surface area (Å²) in [5, 5.41) is 12.0. The fraction of sp³-hybridized carbons (Fsp3) is 0.556. The van der Waals surface area contributed by atoms with Gasteiger partial charge in [-0.25, -0.2) is 4.79 Å². The van der Waals surface area contributed by atoms with Gasteiger partial charge in [-0.2, -0.15) is 0 Å². The summed E-state index contributed by atoms with van der Waals surface area (Å²) in [6.07, 6.45) is 0.156. The molecular weight excluding hydrogens is 200 g/mol. The highest BCUT2D eigenvalue weighted by atomic mass is 16.6. The van der Waals surface area contributed by atoms with Gasteiger partial charge in [-0.15, -0.1) is 0 Å². The highest BCUT2D eigenvalue weighted by Gasteiger charge is 2.55. The minimum Gasteiger partial charge on any atom is -0.445 e. The number of ether oxygens (including phenoxy) is 1. The lowest BCUT2D eigenvalue weighted by atomic mass is 9.99. The fourth-order valence-corrected chi connectivity index (χ4v) is 1.87. The molecular formula is C9H12N2O4. The summed E-state index contributed by atoms with van der Waals surface area (Å²) < 4.78 is 4.80. The van der Waals surface area contributed by atoms with Crippen LogP contribution in [0.1, 0.15) is 0 Å². The van der Waals surface area contributed by atoms with Crippen molar-refractivity contribution < 1.29 is 19.4 Å². The van der Waals surface area contributed by atoms with E-state index in [-0.39, 0.29) is 25.1 Å². The number of fused-ring (bicyclic) bond motifs is 1. The van der Waals surface area contributed by atoms with Gasteiger partial charge in [0.15, 0.2) is 0 Å². The largest absolute Gasteiger partial charge is 0.445 e. The molecule has 0 saturated carbocycles. The molecule has 0 bridgehead atoms. The molecule has 82 valence electrons. The highest BCUT2D eigenvalue weighted by Crippen LogP contribution is 2.26. The summed E-state index contributed by atoms with van der Waals surface area (Å²) in [5.74, 6) is -0.243. The van der Waals surface area contributed by atoms with E-state index >= 15 is 0 Å². The van der Waals surface area contributed by atoms with Crippen LogP contribution in [0.4, 0.5) is 4.79 Å². The maximum atomic E-state index is 11.4. The van der Waals surface area contributed by atoms with E-state index in [1.165, 1.54) is 11.0 Å². The summed E-state index contributed by atoms with van der Waals surface area (Å²) in [4.78, 5) is 23.9. The van der Waals surface area contributed by atoms with Crippen LogP contribution in [0.5, 0.6) is 0 Å². The smallest absolute Gasteiger partial charge is 0.410 e. The summed E-state index contributed by atoms with van der Waals surface area (Å²) in [7, 11) is 0. The number of β-amino-alcohol motifs (C(OH)–C–C–N with tert-alkyl or cyclic N) is 1. The molecule has 2 fully saturated rings. The lowest BCUT2D eigenvalue weighted by molar-refractivity contribution is -0.134. The Balaban J connectivity index is 2.00. The van der Waals surface area contributed by atoms with E-state index < -0.39 is 18.2 Å². The second-order valence-corrected chi connectivity index (χ2v) is 3.56. The zero-order valence-corrected chi connectivity index (χ0v) is 8.05. The second kappa shape index (κ2) is 3.54. The Hall–Kier alpha value is -1.56. The first-order valence-corrected chi connectivity index (χ1v) is 4.68. The summed E-state index contributed by atoms with van der Waals surface area (Å²) in [5.41, 5.74) is 0. The van der Waals surface area contributed by atoms with Gasteiger partial charge in [-0.1, -0.05) is 12.7 Å². The van der Waals surface area contributed by atoms with Crippen LogP contribution in [-0.2, 0) is 9.53 Å². The number of likely N-dealkylation sites (tertiary alicyclic amines) is 1. The number of carbonyl (C=O) groups is 2. The van der Waals surface area contributed by atoms with E-state index in [1.807, 2.05) is 0 Å². The molecule has 15 heavy (non-hydrogen) atoms. The number of rotatable bonds is 2. The molecule has 0 radical (unpaired) electrons. The first kappa shape index (κ1) is 9.97. The second-order valence-electron chi connectivity index (χ2n) is 3.56. The predicted molar refractivity (Wildman–Crippen MR) is 50.0 cm³/mol. The molecule has 0 aromatic heterocycles. The number of β-lactam (4-membered cyclic amide) rings is 1. The molecule has 2 saturated heterocycles. The Labute approximate surface area is 86.5 Å². The van der Waals surface area contributed by atoms with Crippen molar-refractivity contribution >= 4 is 12.0 Å². The van der Waals surface area contributed by atoms with E-state index in [0.29, 0.717) is 0 Å². The average molecular weight is 212 g/mol. The van der Waals surface area contributed by atoms with Crippen molar-refractivity contribution in [1.29, 1.82) is 0 Å². The van der Waals surface area contributed by atoms with Crippen LogP contribution in [0.15, 0.2) is 12.7 Å². The normalized spacial score (nSPS) is 32.7. The van der Waals surface area contributed by atoms with Gasteiger partial charge >= 0.3 is 6.09 Å². The number of carbonyl (C=O) groups excluding carboxylic acids is 2. The topological polar surface area (TPSA) is 78.9 Å². The number of aliphatic hydroxyl groups is 1.